The third-order valence-corrected chi connectivity index (χ3v) is 1.95. The zero-order valence-corrected chi connectivity index (χ0v) is 11.0. The summed E-state index contributed by atoms with van der Waals surface area (Å²) in [6, 6.07) is 20.8. The van der Waals surface area contributed by atoms with Crippen LogP contribution in [0.15, 0.2) is 48.5 Å². The molecule has 0 fully saturated rings. The number of para-hydroxylation sites is 2. The van der Waals surface area contributed by atoms with Crippen LogP contribution in [0.1, 0.15) is 6.92 Å². The predicted molar refractivity (Wildman–Crippen MR) is 61.3 cm³/mol. The molecule has 0 radical (unpaired) electrons. The summed E-state index contributed by atoms with van der Waals surface area (Å²) in [5.41, 5.74) is 0. The van der Waals surface area contributed by atoms with Crippen LogP contribution in [0.5, 0.6) is 11.5 Å². The van der Waals surface area contributed by atoms with Gasteiger partial charge in [-0.25, -0.2) is 0 Å². The first-order valence-electron chi connectivity index (χ1n) is 5.11. The van der Waals surface area contributed by atoms with E-state index in [9.17, 15) is 0 Å². The van der Waals surface area contributed by atoms with Crippen molar-refractivity contribution < 1.29 is 47.2 Å². The number of rotatable bonds is 4. The molecular weight excluding hydrogens is 214 g/mol. The molecule has 0 aliphatic rings. The molecule has 0 aromatic heterocycles. The second-order valence-electron chi connectivity index (χ2n) is 3.26. The summed E-state index contributed by atoms with van der Waals surface area (Å²) in [7, 11) is 0. The van der Waals surface area contributed by atoms with Gasteiger partial charge in [-0.15, -0.1) is 24.3 Å². The normalized spacial score (nSPS) is 9.00. The largest absolute Gasteiger partial charge is 1.00 e. The van der Waals surface area contributed by atoms with Crippen LogP contribution in [0.25, 0.3) is 0 Å². The van der Waals surface area contributed by atoms with E-state index in [-0.39, 0.29) is 44.0 Å². The van der Waals surface area contributed by atoms with Crippen molar-refractivity contribution >= 4 is 0 Å². The number of ether oxygens (including phenoxy) is 2. The number of hydrogen-bond acceptors (Lipinski definition) is 2. The summed E-state index contributed by atoms with van der Waals surface area (Å²) >= 11 is 0. The molecule has 2 rings (SSSR count). The number of hydrogen-bond donors (Lipinski definition) is 0. The maximum absolute atomic E-state index is 5.52. The van der Waals surface area contributed by atoms with Crippen LogP contribution in [0.3, 0.4) is 0 Å². The van der Waals surface area contributed by atoms with Gasteiger partial charge in [0, 0.05) is 18.4 Å². The minimum absolute atomic E-state index is 0. The quantitative estimate of drug-likeness (QED) is 0.316. The first kappa shape index (κ1) is 17.2. The Morgan fingerprint density at radius 1 is 0.833 bits per heavy atom. The molecule has 4 heteroatoms. The smallest absolute Gasteiger partial charge is 0.481 e. The van der Waals surface area contributed by atoms with Crippen molar-refractivity contribution in [2.24, 2.45) is 0 Å². The zero-order chi connectivity index (χ0) is 11.2. The van der Waals surface area contributed by atoms with E-state index in [1.165, 1.54) is 0 Å². The SMILES string of the molecule is CC(Oc1[c-]cccc1)Oc1[c-]cccc1.[Li+].[Li+]. The molecule has 0 bridgehead atoms. The van der Waals surface area contributed by atoms with E-state index in [4.69, 9.17) is 9.47 Å². The molecule has 2 aromatic carbocycles. The molecule has 0 heterocycles. The van der Waals surface area contributed by atoms with Crippen molar-refractivity contribution in [2.75, 3.05) is 0 Å². The van der Waals surface area contributed by atoms with Gasteiger partial charge in [0.05, 0.1) is 0 Å². The Balaban J connectivity index is 0.00000144. The van der Waals surface area contributed by atoms with Gasteiger partial charge in [-0.1, -0.05) is 0 Å². The maximum atomic E-state index is 5.52. The Kier molecular flexibility index (Phi) is 8.81. The van der Waals surface area contributed by atoms with Gasteiger partial charge in [-0.2, -0.15) is 36.4 Å². The van der Waals surface area contributed by atoms with Gasteiger partial charge in [0.2, 0.25) is 6.29 Å². The van der Waals surface area contributed by atoms with Gasteiger partial charge in [0.1, 0.15) is 0 Å². The summed E-state index contributed by atoms with van der Waals surface area (Å²) < 4.78 is 11.0. The molecule has 0 atom stereocenters. The van der Waals surface area contributed by atoms with Gasteiger partial charge in [-0.05, 0) is 0 Å². The average Bonchev–Trinajstić information content (AvgIpc) is 2.31. The number of benzene rings is 2. The monoisotopic (exact) mass is 226 g/mol. The van der Waals surface area contributed by atoms with Crippen LogP contribution in [-0.4, -0.2) is 6.29 Å². The third-order valence-electron chi connectivity index (χ3n) is 1.95. The van der Waals surface area contributed by atoms with Crippen molar-refractivity contribution in [1.29, 1.82) is 0 Å². The van der Waals surface area contributed by atoms with Gasteiger partial charge < -0.3 is 9.47 Å². The van der Waals surface area contributed by atoms with E-state index in [0.717, 1.165) is 0 Å². The standard InChI is InChI=1S/C14H12O2.2Li/c1-12(15-13-8-4-2-5-9-13)16-14-10-6-3-7-11-14;;/h2-8,10,12H,1H3;;/q-2;2*+1. The minimum Gasteiger partial charge on any atom is -0.481 e. The van der Waals surface area contributed by atoms with E-state index < -0.39 is 0 Å². The molecule has 2 aromatic rings. The van der Waals surface area contributed by atoms with Gasteiger partial charge in [0.15, 0.2) is 0 Å². The van der Waals surface area contributed by atoms with E-state index in [2.05, 4.69) is 12.1 Å². The first-order chi connectivity index (χ1) is 7.84. The molecule has 0 amide bonds. The molecule has 0 N–H and O–H groups in total. The molecular formula is C14H12Li2O2. The average molecular weight is 226 g/mol. The van der Waals surface area contributed by atoms with Crippen molar-refractivity contribution in [1.82, 2.24) is 0 Å². The summed E-state index contributed by atoms with van der Waals surface area (Å²) in [5, 5.41) is 0. The topological polar surface area (TPSA) is 18.5 Å². The summed E-state index contributed by atoms with van der Waals surface area (Å²) in [6.45, 7) is 1.84. The van der Waals surface area contributed by atoms with E-state index >= 15 is 0 Å². The molecule has 82 valence electrons. The predicted octanol–water partition coefficient (Wildman–Crippen LogP) is -2.90. The van der Waals surface area contributed by atoms with Crippen LogP contribution in [0, 0.1) is 12.1 Å². The van der Waals surface area contributed by atoms with Gasteiger partial charge >= 0.3 is 37.7 Å². The Bertz CT molecular complexity index is 379. The second kappa shape index (κ2) is 9.20. The van der Waals surface area contributed by atoms with Gasteiger partial charge in [-0.3, -0.25) is 0 Å². The molecule has 2 nitrogen and oxygen atoms in total. The molecule has 0 saturated carbocycles. The van der Waals surface area contributed by atoms with Crippen LogP contribution < -0.4 is 47.2 Å². The molecule has 0 spiro atoms. The van der Waals surface area contributed by atoms with E-state index in [1.54, 1.807) is 12.1 Å². The minimum atomic E-state index is -0.364. The Morgan fingerprint density at radius 2 is 1.28 bits per heavy atom. The molecule has 18 heavy (non-hydrogen) atoms. The van der Waals surface area contributed by atoms with Crippen LogP contribution in [0.2, 0.25) is 0 Å². The molecule has 0 saturated heterocycles. The second-order valence-corrected chi connectivity index (χ2v) is 3.26. The summed E-state index contributed by atoms with van der Waals surface area (Å²) in [4.78, 5) is 0. The molecule has 0 aliphatic carbocycles. The van der Waals surface area contributed by atoms with Crippen LogP contribution >= 0.6 is 0 Å². The van der Waals surface area contributed by atoms with Crippen LogP contribution in [-0.2, 0) is 0 Å². The van der Waals surface area contributed by atoms with Crippen molar-refractivity contribution in [3.05, 3.63) is 60.7 Å². The fraction of sp³-hybridized carbons (Fsp3) is 0.143. The Labute approximate surface area is 132 Å². The van der Waals surface area contributed by atoms with Gasteiger partial charge in [0.25, 0.3) is 0 Å². The summed E-state index contributed by atoms with van der Waals surface area (Å²) in [5.74, 6) is 1.34. The van der Waals surface area contributed by atoms with Crippen molar-refractivity contribution in [3.8, 4) is 11.5 Å². The van der Waals surface area contributed by atoms with Crippen molar-refractivity contribution in [2.45, 2.75) is 13.2 Å². The fourth-order valence-corrected chi connectivity index (χ4v) is 1.28. The van der Waals surface area contributed by atoms with E-state index in [0.29, 0.717) is 11.5 Å². The maximum Gasteiger partial charge on any atom is 1.00 e. The van der Waals surface area contributed by atoms with E-state index in [1.807, 2.05) is 43.3 Å². The molecule has 0 unspecified atom stereocenters. The Hall–Kier alpha value is -0.765. The fourth-order valence-electron chi connectivity index (χ4n) is 1.28. The van der Waals surface area contributed by atoms with Crippen LogP contribution in [0.4, 0.5) is 0 Å². The first-order valence-corrected chi connectivity index (χ1v) is 5.11. The van der Waals surface area contributed by atoms with Crippen molar-refractivity contribution in [3.63, 3.8) is 0 Å². The third kappa shape index (κ3) is 5.72. The summed E-state index contributed by atoms with van der Waals surface area (Å²) in [6.07, 6.45) is -0.364. The molecule has 0 aliphatic heterocycles. The Morgan fingerprint density at radius 3 is 1.61 bits per heavy atom. The zero-order valence-electron chi connectivity index (χ0n) is 11.0.